The van der Waals surface area contributed by atoms with E-state index in [0.717, 1.165) is 11.3 Å². The number of carbonyl (C=O) groups is 2. The van der Waals surface area contributed by atoms with Gasteiger partial charge in [0.05, 0.1) is 17.5 Å². The van der Waals surface area contributed by atoms with Crippen molar-refractivity contribution in [2.24, 2.45) is 5.92 Å². The highest BCUT2D eigenvalue weighted by Gasteiger charge is 2.21. The van der Waals surface area contributed by atoms with Crippen LogP contribution in [0.3, 0.4) is 0 Å². The van der Waals surface area contributed by atoms with Gasteiger partial charge in [-0.1, -0.05) is 43.3 Å². The smallest absolute Gasteiger partial charge is 0.231 e. The van der Waals surface area contributed by atoms with Crippen LogP contribution >= 0.6 is 23.4 Å². The van der Waals surface area contributed by atoms with Gasteiger partial charge in [-0.15, -0.1) is 10.2 Å². The average Bonchev–Trinajstić information content (AvgIpc) is 3.01. The molecular weight excluding hydrogens is 360 g/mol. The molecule has 8 heteroatoms. The first-order valence-corrected chi connectivity index (χ1v) is 9.25. The average molecular weight is 381 g/mol. The fourth-order valence-electron chi connectivity index (χ4n) is 2.31. The van der Waals surface area contributed by atoms with Gasteiger partial charge in [0.25, 0.3) is 0 Å². The molecule has 1 N–H and O–H groups in total. The maximum atomic E-state index is 12.1. The van der Waals surface area contributed by atoms with Gasteiger partial charge in [0, 0.05) is 5.02 Å². The molecule has 0 fully saturated rings. The van der Waals surface area contributed by atoms with Crippen molar-refractivity contribution >= 4 is 35.1 Å². The molecule has 1 unspecified atom stereocenters. The molecule has 1 amide bonds. The van der Waals surface area contributed by atoms with E-state index in [-0.39, 0.29) is 23.4 Å². The van der Waals surface area contributed by atoms with E-state index in [1.807, 2.05) is 39.0 Å². The van der Waals surface area contributed by atoms with Crippen LogP contribution in [0.5, 0.6) is 0 Å². The molecule has 0 bridgehead atoms. The molecule has 134 valence electrons. The van der Waals surface area contributed by atoms with Gasteiger partial charge >= 0.3 is 0 Å². The highest BCUT2D eigenvalue weighted by Crippen LogP contribution is 2.23. The van der Waals surface area contributed by atoms with E-state index in [2.05, 4.69) is 15.5 Å². The maximum absolute atomic E-state index is 12.1. The second-order valence-corrected chi connectivity index (χ2v) is 7.46. The van der Waals surface area contributed by atoms with Crippen molar-refractivity contribution < 1.29 is 9.59 Å². The summed E-state index contributed by atoms with van der Waals surface area (Å²) in [6.45, 7) is 7.21. The van der Waals surface area contributed by atoms with Gasteiger partial charge in [-0.05, 0) is 37.5 Å². The molecule has 1 aromatic heterocycles. The molecule has 0 saturated carbocycles. The third-order valence-corrected chi connectivity index (χ3v) is 5.05. The van der Waals surface area contributed by atoms with Crippen LogP contribution in [-0.2, 0) is 9.59 Å². The Bertz CT molecular complexity index is 776. The molecule has 0 saturated heterocycles. The number of amides is 1. The first kappa shape index (κ1) is 19.5. The van der Waals surface area contributed by atoms with Gasteiger partial charge < -0.3 is 5.32 Å². The number of rotatable bonds is 7. The molecular formula is C17H21ClN4O2S. The summed E-state index contributed by atoms with van der Waals surface area (Å²) >= 11 is 7.43. The molecule has 25 heavy (non-hydrogen) atoms. The van der Waals surface area contributed by atoms with Crippen LogP contribution in [-0.4, -0.2) is 38.2 Å². The molecule has 0 radical (unpaired) electrons. The van der Waals surface area contributed by atoms with Crippen LogP contribution < -0.4 is 5.32 Å². The van der Waals surface area contributed by atoms with Crippen LogP contribution in [0.1, 0.15) is 26.3 Å². The summed E-state index contributed by atoms with van der Waals surface area (Å²) < 4.78 is 1.77. The Hall–Kier alpha value is -1.86. The number of thioether (sulfide) groups is 1. The van der Waals surface area contributed by atoms with Gasteiger partial charge in [0.2, 0.25) is 5.91 Å². The highest BCUT2D eigenvalue weighted by atomic mass is 35.5. The van der Waals surface area contributed by atoms with Crippen LogP contribution in [0.15, 0.2) is 29.7 Å². The van der Waals surface area contributed by atoms with E-state index in [9.17, 15) is 9.59 Å². The van der Waals surface area contributed by atoms with E-state index < -0.39 is 6.04 Å². The lowest BCUT2D eigenvalue weighted by atomic mass is 10.0. The summed E-state index contributed by atoms with van der Waals surface area (Å²) in [5.41, 5.74) is 1.81. The number of benzene rings is 1. The minimum absolute atomic E-state index is 0.0461. The number of nitrogens with one attached hydrogen (secondary N) is 1. The van der Waals surface area contributed by atoms with E-state index in [1.165, 1.54) is 18.7 Å². The van der Waals surface area contributed by atoms with Crippen molar-refractivity contribution in [1.82, 2.24) is 20.1 Å². The number of aromatic nitrogens is 3. The molecule has 2 rings (SSSR count). The van der Waals surface area contributed by atoms with Crippen molar-refractivity contribution in [2.75, 3.05) is 5.75 Å². The minimum Gasteiger partial charge on any atom is -0.345 e. The number of hydrogen-bond acceptors (Lipinski definition) is 5. The topological polar surface area (TPSA) is 76.9 Å². The largest absolute Gasteiger partial charge is 0.345 e. The lowest BCUT2D eigenvalue weighted by Gasteiger charge is -2.19. The quantitative estimate of drug-likeness (QED) is 0.747. The molecule has 0 spiro atoms. The van der Waals surface area contributed by atoms with E-state index in [4.69, 9.17) is 11.6 Å². The SMILES string of the molecule is CC(=O)C(NC(=O)CSc1nncn1-c1ccc(C)c(Cl)c1)C(C)C. The third-order valence-electron chi connectivity index (χ3n) is 3.70. The number of aryl methyl sites for hydroxylation is 1. The number of hydrogen-bond donors (Lipinski definition) is 1. The molecule has 1 atom stereocenters. The normalized spacial score (nSPS) is 12.2. The van der Waals surface area contributed by atoms with Gasteiger partial charge in [-0.25, -0.2) is 0 Å². The summed E-state index contributed by atoms with van der Waals surface area (Å²) in [6.07, 6.45) is 1.58. The van der Waals surface area contributed by atoms with Crippen LogP contribution in [0.2, 0.25) is 5.02 Å². The Balaban J connectivity index is 2.05. The minimum atomic E-state index is -0.470. The Labute approximate surface area is 156 Å². The Morgan fingerprint density at radius 2 is 2.08 bits per heavy atom. The predicted octanol–water partition coefficient (Wildman–Crippen LogP) is 3.05. The zero-order valence-corrected chi connectivity index (χ0v) is 16.2. The van der Waals surface area contributed by atoms with Gasteiger partial charge in [0.1, 0.15) is 6.33 Å². The standard InChI is InChI=1S/C17H21ClN4O2S/c1-10(2)16(12(4)23)20-15(24)8-25-17-21-19-9-22(17)13-6-5-11(3)14(18)7-13/h5-7,9-10,16H,8H2,1-4H3,(H,20,24). The monoisotopic (exact) mass is 380 g/mol. The predicted molar refractivity (Wildman–Crippen MR) is 99.3 cm³/mol. The van der Waals surface area contributed by atoms with Crippen LogP contribution in [0, 0.1) is 12.8 Å². The second kappa shape index (κ2) is 8.49. The van der Waals surface area contributed by atoms with Gasteiger partial charge in [0.15, 0.2) is 10.9 Å². The van der Waals surface area contributed by atoms with Crippen molar-refractivity contribution in [3.8, 4) is 5.69 Å². The number of carbonyl (C=O) groups excluding carboxylic acids is 2. The lowest BCUT2D eigenvalue weighted by Crippen LogP contribution is -2.44. The summed E-state index contributed by atoms with van der Waals surface area (Å²) in [5.74, 6) is -0.0691. The molecule has 0 aliphatic rings. The summed E-state index contributed by atoms with van der Waals surface area (Å²) in [7, 11) is 0. The maximum Gasteiger partial charge on any atom is 0.231 e. The van der Waals surface area contributed by atoms with Crippen LogP contribution in [0.25, 0.3) is 5.69 Å². The van der Waals surface area contributed by atoms with Gasteiger partial charge in [-0.3, -0.25) is 14.2 Å². The Morgan fingerprint density at radius 3 is 2.68 bits per heavy atom. The second-order valence-electron chi connectivity index (χ2n) is 6.11. The van der Waals surface area contributed by atoms with Crippen molar-refractivity contribution in [1.29, 1.82) is 0 Å². The van der Waals surface area contributed by atoms with Crippen LogP contribution in [0.4, 0.5) is 0 Å². The summed E-state index contributed by atoms with van der Waals surface area (Å²) in [4.78, 5) is 23.7. The molecule has 1 aromatic carbocycles. The van der Waals surface area contributed by atoms with E-state index >= 15 is 0 Å². The van der Waals surface area contributed by atoms with E-state index in [0.29, 0.717) is 10.2 Å². The number of Topliss-reactive ketones (excluding diaryl/α,β-unsaturated/α-hetero) is 1. The first-order chi connectivity index (χ1) is 11.8. The summed E-state index contributed by atoms with van der Waals surface area (Å²) in [6, 6.07) is 5.19. The molecule has 0 aliphatic carbocycles. The number of nitrogens with zero attached hydrogens (tertiary/aromatic N) is 3. The summed E-state index contributed by atoms with van der Waals surface area (Å²) in [5, 5.41) is 12.0. The Morgan fingerprint density at radius 1 is 1.36 bits per heavy atom. The van der Waals surface area contributed by atoms with Crippen molar-refractivity contribution in [3.05, 3.63) is 35.1 Å². The zero-order valence-electron chi connectivity index (χ0n) is 14.6. The fourth-order valence-corrected chi connectivity index (χ4v) is 3.23. The molecule has 0 aliphatic heterocycles. The highest BCUT2D eigenvalue weighted by molar-refractivity contribution is 7.99. The Kier molecular flexibility index (Phi) is 6.61. The van der Waals surface area contributed by atoms with Crippen molar-refractivity contribution in [2.45, 2.75) is 38.9 Å². The number of ketones is 1. The fraction of sp³-hybridized carbons (Fsp3) is 0.412. The molecule has 6 nitrogen and oxygen atoms in total. The van der Waals surface area contributed by atoms with Gasteiger partial charge in [-0.2, -0.15) is 0 Å². The van der Waals surface area contributed by atoms with E-state index in [1.54, 1.807) is 10.9 Å². The zero-order chi connectivity index (χ0) is 18.6. The molecule has 2 aromatic rings. The van der Waals surface area contributed by atoms with Crippen molar-refractivity contribution in [3.63, 3.8) is 0 Å². The molecule has 1 heterocycles. The number of halogens is 1. The lowest BCUT2D eigenvalue weighted by molar-refractivity contribution is -0.126. The first-order valence-electron chi connectivity index (χ1n) is 7.88. The third kappa shape index (κ3) is 5.06.